The molecule has 0 aliphatic heterocycles. The minimum atomic E-state index is 0.833. The number of aryl methyl sites for hydroxylation is 2. The first-order valence-corrected chi connectivity index (χ1v) is 6.21. The molecule has 0 aromatic carbocycles. The van der Waals surface area contributed by atoms with E-state index < -0.39 is 0 Å². The zero-order valence-corrected chi connectivity index (χ0v) is 10.3. The number of hydrogen-bond acceptors (Lipinski definition) is 5. The molecule has 2 aromatic rings. The molecule has 0 atom stereocenters. The second-order valence-corrected chi connectivity index (χ2v) is 4.23. The van der Waals surface area contributed by atoms with Crippen LogP contribution in [0.1, 0.15) is 26.1 Å². The third-order valence-corrected chi connectivity index (χ3v) is 2.82. The first kappa shape index (κ1) is 11.1. The zero-order chi connectivity index (χ0) is 11.4. The van der Waals surface area contributed by atoms with Crippen LogP contribution in [0.25, 0.3) is 0 Å². The number of nitrogens with zero attached hydrogens (tertiary/aromatic N) is 4. The van der Waals surface area contributed by atoms with Gasteiger partial charge in [-0.1, -0.05) is 6.92 Å². The Bertz CT molecular complexity index is 448. The van der Waals surface area contributed by atoms with Crippen LogP contribution in [0.3, 0.4) is 0 Å². The molecule has 0 saturated carbocycles. The summed E-state index contributed by atoms with van der Waals surface area (Å²) in [6.07, 6.45) is 5.77. The minimum Gasteiger partial charge on any atom is -0.328 e. The Balaban J connectivity index is 2.02. The lowest BCUT2D eigenvalue weighted by Crippen LogP contribution is -1.93. The molecule has 0 bridgehead atoms. The normalized spacial score (nSPS) is 10.6. The van der Waals surface area contributed by atoms with Crippen molar-refractivity contribution in [1.29, 1.82) is 0 Å². The molecule has 1 N–H and O–H groups in total. The predicted molar refractivity (Wildman–Crippen MR) is 65.1 cm³/mol. The fourth-order valence-electron chi connectivity index (χ4n) is 1.35. The Labute approximate surface area is 98.7 Å². The number of anilines is 2. The monoisotopic (exact) mass is 237 g/mol. The molecule has 0 aliphatic carbocycles. The fraction of sp³-hybridized carbons (Fsp3) is 0.500. The quantitative estimate of drug-likeness (QED) is 0.867. The van der Waals surface area contributed by atoms with Gasteiger partial charge in [0.1, 0.15) is 5.82 Å². The number of hydrogen-bond donors (Lipinski definition) is 1. The average molecular weight is 237 g/mol. The molecule has 2 aromatic heterocycles. The van der Waals surface area contributed by atoms with E-state index in [1.54, 1.807) is 6.20 Å². The van der Waals surface area contributed by atoms with E-state index in [4.69, 9.17) is 0 Å². The van der Waals surface area contributed by atoms with E-state index in [0.29, 0.717) is 0 Å². The maximum atomic E-state index is 4.39. The molecule has 0 fully saturated rings. The molecule has 0 unspecified atom stereocenters. The van der Waals surface area contributed by atoms with E-state index in [-0.39, 0.29) is 0 Å². The van der Waals surface area contributed by atoms with Crippen molar-refractivity contribution < 1.29 is 0 Å². The van der Waals surface area contributed by atoms with Crippen LogP contribution in [0.5, 0.6) is 0 Å². The molecule has 0 amide bonds. The van der Waals surface area contributed by atoms with Gasteiger partial charge in [0.2, 0.25) is 5.13 Å². The zero-order valence-electron chi connectivity index (χ0n) is 9.47. The molecule has 16 heavy (non-hydrogen) atoms. The largest absolute Gasteiger partial charge is 0.328 e. The lowest BCUT2D eigenvalue weighted by atomic mass is 10.3. The van der Waals surface area contributed by atoms with Gasteiger partial charge < -0.3 is 5.32 Å². The van der Waals surface area contributed by atoms with Crippen molar-refractivity contribution in [2.75, 3.05) is 5.32 Å². The van der Waals surface area contributed by atoms with Crippen molar-refractivity contribution in [3.05, 3.63) is 18.2 Å². The van der Waals surface area contributed by atoms with E-state index in [2.05, 4.69) is 33.6 Å². The molecule has 0 spiro atoms. The number of rotatable bonds is 5. The standard InChI is InChI=1S/C10H15N5S/c1-3-5-9-13-10(16-14-9)12-8-6-11-15(4-2)7-8/h6-7H,3-5H2,1-2H3,(H,12,13,14). The summed E-state index contributed by atoms with van der Waals surface area (Å²) in [5.74, 6) is 0.915. The topological polar surface area (TPSA) is 55.6 Å². The van der Waals surface area contributed by atoms with E-state index >= 15 is 0 Å². The van der Waals surface area contributed by atoms with Crippen molar-refractivity contribution in [2.45, 2.75) is 33.2 Å². The molecule has 0 saturated heterocycles. The molecule has 5 nitrogen and oxygen atoms in total. The second kappa shape index (κ2) is 5.07. The van der Waals surface area contributed by atoms with Crippen molar-refractivity contribution >= 4 is 22.4 Å². The van der Waals surface area contributed by atoms with Gasteiger partial charge in [-0.25, -0.2) is 4.98 Å². The summed E-state index contributed by atoms with van der Waals surface area (Å²) < 4.78 is 6.14. The summed E-state index contributed by atoms with van der Waals surface area (Å²) in [5.41, 5.74) is 0.959. The molecule has 0 radical (unpaired) electrons. The van der Waals surface area contributed by atoms with Crippen LogP contribution >= 0.6 is 11.5 Å². The Morgan fingerprint density at radius 2 is 2.31 bits per heavy atom. The molecule has 86 valence electrons. The van der Waals surface area contributed by atoms with Gasteiger partial charge in [-0.3, -0.25) is 4.68 Å². The van der Waals surface area contributed by atoms with Crippen molar-refractivity contribution in [2.24, 2.45) is 0 Å². The van der Waals surface area contributed by atoms with Crippen LogP contribution in [-0.2, 0) is 13.0 Å². The molecule has 6 heteroatoms. The Hall–Kier alpha value is -1.43. The van der Waals surface area contributed by atoms with E-state index in [9.17, 15) is 0 Å². The lowest BCUT2D eigenvalue weighted by molar-refractivity contribution is 0.660. The van der Waals surface area contributed by atoms with Gasteiger partial charge in [-0.05, 0) is 13.3 Å². The molecule has 2 rings (SSSR count). The summed E-state index contributed by atoms with van der Waals surface area (Å²) in [5, 5.41) is 8.22. The summed E-state index contributed by atoms with van der Waals surface area (Å²) >= 11 is 1.39. The number of aromatic nitrogens is 4. The molecule has 2 heterocycles. The van der Waals surface area contributed by atoms with Gasteiger partial charge in [0.05, 0.1) is 11.9 Å². The SMILES string of the molecule is CCCc1nsc(Nc2cnn(CC)c2)n1. The lowest BCUT2D eigenvalue weighted by Gasteiger charge is -1.95. The van der Waals surface area contributed by atoms with Gasteiger partial charge in [-0.15, -0.1) is 0 Å². The Morgan fingerprint density at radius 1 is 1.44 bits per heavy atom. The van der Waals surface area contributed by atoms with Crippen LogP contribution in [0.2, 0.25) is 0 Å². The van der Waals surface area contributed by atoms with Crippen molar-refractivity contribution in [3.63, 3.8) is 0 Å². The predicted octanol–water partition coefficient (Wildman–Crippen LogP) is 2.45. The summed E-state index contributed by atoms with van der Waals surface area (Å²) in [6.45, 7) is 5.05. The summed E-state index contributed by atoms with van der Waals surface area (Å²) in [7, 11) is 0. The molecular formula is C10H15N5S. The first-order valence-electron chi connectivity index (χ1n) is 5.44. The van der Waals surface area contributed by atoms with Crippen LogP contribution in [0.4, 0.5) is 10.8 Å². The van der Waals surface area contributed by atoms with Crippen LogP contribution in [0, 0.1) is 0 Å². The Morgan fingerprint density at radius 3 is 3.00 bits per heavy atom. The summed E-state index contributed by atoms with van der Waals surface area (Å²) in [6, 6.07) is 0. The molecular weight excluding hydrogens is 222 g/mol. The van der Waals surface area contributed by atoms with E-state index in [0.717, 1.165) is 36.0 Å². The average Bonchev–Trinajstić information content (AvgIpc) is 2.89. The first-order chi connectivity index (χ1) is 7.81. The van der Waals surface area contributed by atoms with Crippen molar-refractivity contribution in [3.8, 4) is 0 Å². The van der Waals surface area contributed by atoms with Crippen LogP contribution in [-0.4, -0.2) is 19.1 Å². The third kappa shape index (κ3) is 2.57. The fourth-order valence-corrected chi connectivity index (χ4v) is 1.99. The highest BCUT2D eigenvalue weighted by Gasteiger charge is 2.04. The maximum absolute atomic E-state index is 4.39. The molecule has 0 aliphatic rings. The van der Waals surface area contributed by atoms with Gasteiger partial charge in [-0.2, -0.15) is 9.47 Å². The van der Waals surface area contributed by atoms with Crippen molar-refractivity contribution in [1.82, 2.24) is 19.1 Å². The second-order valence-electron chi connectivity index (χ2n) is 3.48. The highest BCUT2D eigenvalue weighted by Crippen LogP contribution is 2.18. The Kier molecular flexibility index (Phi) is 3.51. The highest BCUT2D eigenvalue weighted by atomic mass is 32.1. The smallest absolute Gasteiger partial charge is 0.207 e. The maximum Gasteiger partial charge on any atom is 0.207 e. The summed E-state index contributed by atoms with van der Waals surface area (Å²) in [4.78, 5) is 4.39. The van der Waals surface area contributed by atoms with E-state index in [1.807, 2.05) is 10.9 Å². The van der Waals surface area contributed by atoms with Gasteiger partial charge >= 0.3 is 0 Å². The van der Waals surface area contributed by atoms with Gasteiger partial charge in [0, 0.05) is 30.7 Å². The third-order valence-electron chi connectivity index (χ3n) is 2.15. The van der Waals surface area contributed by atoms with Gasteiger partial charge in [0.25, 0.3) is 0 Å². The van der Waals surface area contributed by atoms with Crippen LogP contribution in [0.15, 0.2) is 12.4 Å². The van der Waals surface area contributed by atoms with E-state index in [1.165, 1.54) is 11.5 Å². The van der Waals surface area contributed by atoms with Gasteiger partial charge in [0.15, 0.2) is 0 Å². The minimum absolute atomic E-state index is 0.833. The van der Waals surface area contributed by atoms with Crippen LogP contribution < -0.4 is 5.32 Å². The highest BCUT2D eigenvalue weighted by molar-refractivity contribution is 7.09. The number of nitrogens with one attached hydrogen (secondary N) is 1.